The third-order valence-electron chi connectivity index (χ3n) is 4.51. The number of furan rings is 1. The maximum absolute atomic E-state index is 12.1. The summed E-state index contributed by atoms with van der Waals surface area (Å²) in [6.07, 6.45) is 7.28. The Bertz CT molecular complexity index is 1150. The molecule has 0 aromatic carbocycles. The molecule has 0 atom stereocenters. The van der Waals surface area contributed by atoms with Crippen molar-refractivity contribution in [3.8, 4) is 11.3 Å². The highest BCUT2D eigenvalue weighted by Gasteiger charge is 2.17. The largest absolute Gasteiger partial charge is 0.459 e. The van der Waals surface area contributed by atoms with Crippen LogP contribution < -0.4 is 5.32 Å². The number of carbonyl (C=O) groups excluding carboxylic acids is 2. The number of nitrogens with one attached hydrogen (secondary N) is 1. The zero-order valence-electron chi connectivity index (χ0n) is 16.4. The predicted octanol–water partition coefficient (Wildman–Crippen LogP) is 1.82. The number of hydrogen-bond donors (Lipinski definition) is 1. The van der Waals surface area contributed by atoms with Crippen LogP contribution in [0.4, 0.5) is 0 Å². The lowest BCUT2D eigenvalue weighted by molar-refractivity contribution is -0.121. The number of fused-ring (bicyclic) bond motifs is 1. The summed E-state index contributed by atoms with van der Waals surface area (Å²) >= 11 is 0. The van der Waals surface area contributed by atoms with E-state index in [0.717, 1.165) is 22.6 Å². The number of pyridine rings is 1. The van der Waals surface area contributed by atoms with Gasteiger partial charge in [0.05, 0.1) is 24.2 Å². The number of nitrogens with zero attached hydrogens (tertiary/aromatic N) is 5. The van der Waals surface area contributed by atoms with Crippen molar-refractivity contribution in [2.75, 3.05) is 20.1 Å². The van der Waals surface area contributed by atoms with Gasteiger partial charge in [-0.3, -0.25) is 14.6 Å². The normalized spacial score (nSPS) is 10.8. The van der Waals surface area contributed by atoms with E-state index in [0.29, 0.717) is 13.0 Å². The van der Waals surface area contributed by atoms with E-state index in [4.69, 9.17) is 4.42 Å². The molecule has 0 bridgehead atoms. The van der Waals surface area contributed by atoms with E-state index in [1.54, 1.807) is 36.1 Å². The van der Waals surface area contributed by atoms with Crippen LogP contribution in [0.2, 0.25) is 0 Å². The Morgan fingerprint density at radius 2 is 2.03 bits per heavy atom. The molecule has 4 aromatic rings. The van der Waals surface area contributed by atoms with Crippen LogP contribution in [-0.2, 0) is 11.2 Å². The minimum absolute atomic E-state index is 0.0540. The van der Waals surface area contributed by atoms with Crippen LogP contribution in [0.1, 0.15) is 16.2 Å². The highest BCUT2D eigenvalue weighted by Crippen LogP contribution is 2.16. The molecule has 1 N–H and O–H groups in total. The average Bonchev–Trinajstić information content (AvgIpc) is 3.43. The highest BCUT2D eigenvalue weighted by molar-refractivity contribution is 5.94. The lowest BCUT2D eigenvalue weighted by atomic mass is 10.2. The number of likely N-dealkylation sites (N-methyl/N-ethyl adjacent to an activating group) is 1. The number of amides is 2. The summed E-state index contributed by atoms with van der Waals surface area (Å²) in [5, 5.41) is 7.28. The van der Waals surface area contributed by atoms with Gasteiger partial charge in [-0.2, -0.15) is 5.10 Å². The quantitative estimate of drug-likeness (QED) is 0.504. The molecule has 0 saturated carbocycles. The maximum Gasteiger partial charge on any atom is 0.289 e. The van der Waals surface area contributed by atoms with Gasteiger partial charge in [-0.05, 0) is 30.3 Å². The smallest absolute Gasteiger partial charge is 0.289 e. The zero-order chi connectivity index (χ0) is 20.9. The minimum Gasteiger partial charge on any atom is -0.459 e. The SMILES string of the molecule is CN(CC(=O)NCCc1cc2nc(-c3ccncc3)ccn2n1)C(=O)c1ccco1. The molecule has 9 nitrogen and oxygen atoms in total. The van der Waals surface area contributed by atoms with Crippen molar-refractivity contribution in [3.63, 3.8) is 0 Å². The van der Waals surface area contributed by atoms with Crippen LogP contribution in [0.15, 0.2) is 65.7 Å². The van der Waals surface area contributed by atoms with Gasteiger partial charge in [0.15, 0.2) is 11.4 Å². The van der Waals surface area contributed by atoms with Crippen molar-refractivity contribution in [1.29, 1.82) is 0 Å². The fraction of sp³-hybridized carbons (Fsp3) is 0.190. The lowest BCUT2D eigenvalue weighted by Crippen LogP contribution is -2.38. The summed E-state index contributed by atoms with van der Waals surface area (Å²) in [6.45, 7) is 0.351. The molecule has 2 amide bonds. The molecule has 0 fully saturated rings. The number of hydrogen-bond acceptors (Lipinski definition) is 6. The molecular weight excluding hydrogens is 384 g/mol. The van der Waals surface area contributed by atoms with Gasteiger partial charge in [0, 0.05) is 50.2 Å². The molecule has 4 rings (SSSR count). The summed E-state index contributed by atoms with van der Waals surface area (Å²) in [6, 6.07) is 10.8. The van der Waals surface area contributed by atoms with Crippen molar-refractivity contribution in [2.45, 2.75) is 6.42 Å². The molecule has 0 aliphatic carbocycles. The molecule has 152 valence electrons. The van der Waals surface area contributed by atoms with E-state index in [1.165, 1.54) is 11.2 Å². The molecule has 0 aliphatic rings. The molecule has 0 saturated heterocycles. The molecule has 0 aliphatic heterocycles. The molecule has 30 heavy (non-hydrogen) atoms. The summed E-state index contributed by atoms with van der Waals surface area (Å²) in [5.74, 6) is -0.389. The standard InChI is InChI=1S/C21H20N6O3/c1-26(21(29)18-3-2-12-30-18)14-20(28)23-10-6-16-13-19-24-17(7-11-27(19)25-16)15-4-8-22-9-5-15/h2-5,7-9,11-13H,6,10,14H2,1H3,(H,23,28). The fourth-order valence-corrected chi connectivity index (χ4v) is 3.00. The first-order valence-electron chi connectivity index (χ1n) is 9.41. The Morgan fingerprint density at radius 1 is 1.20 bits per heavy atom. The zero-order valence-corrected chi connectivity index (χ0v) is 16.4. The van der Waals surface area contributed by atoms with Gasteiger partial charge in [0.2, 0.25) is 5.91 Å². The average molecular weight is 404 g/mol. The van der Waals surface area contributed by atoms with Crippen molar-refractivity contribution >= 4 is 17.5 Å². The van der Waals surface area contributed by atoms with Gasteiger partial charge in [0.1, 0.15) is 0 Å². The number of rotatable bonds is 7. The van der Waals surface area contributed by atoms with E-state index in [9.17, 15) is 9.59 Å². The van der Waals surface area contributed by atoms with Crippen molar-refractivity contribution in [1.82, 2.24) is 29.8 Å². The lowest BCUT2D eigenvalue weighted by Gasteiger charge is -2.15. The molecule has 4 heterocycles. The molecule has 0 unspecified atom stereocenters. The second kappa shape index (κ2) is 8.56. The second-order valence-corrected chi connectivity index (χ2v) is 6.73. The van der Waals surface area contributed by atoms with Gasteiger partial charge in [-0.25, -0.2) is 9.50 Å². The summed E-state index contributed by atoms with van der Waals surface area (Å²) < 4.78 is 6.77. The number of aromatic nitrogens is 4. The van der Waals surface area contributed by atoms with E-state index >= 15 is 0 Å². The van der Waals surface area contributed by atoms with Gasteiger partial charge >= 0.3 is 0 Å². The Labute approximate surface area is 172 Å². The van der Waals surface area contributed by atoms with Crippen LogP contribution >= 0.6 is 0 Å². The van der Waals surface area contributed by atoms with Gasteiger partial charge < -0.3 is 14.6 Å². The van der Waals surface area contributed by atoms with Crippen LogP contribution in [0.3, 0.4) is 0 Å². The highest BCUT2D eigenvalue weighted by atomic mass is 16.3. The van der Waals surface area contributed by atoms with Crippen LogP contribution in [0.25, 0.3) is 16.9 Å². The van der Waals surface area contributed by atoms with Crippen LogP contribution in [0.5, 0.6) is 0 Å². The third kappa shape index (κ3) is 4.35. The van der Waals surface area contributed by atoms with E-state index in [2.05, 4.69) is 20.4 Å². The molecule has 0 spiro atoms. The van der Waals surface area contributed by atoms with Gasteiger partial charge in [-0.1, -0.05) is 0 Å². The number of carbonyl (C=O) groups is 2. The third-order valence-corrected chi connectivity index (χ3v) is 4.51. The van der Waals surface area contributed by atoms with E-state index in [1.807, 2.05) is 30.5 Å². The Kier molecular flexibility index (Phi) is 5.51. The summed E-state index contributed by atoms with van der Waals surface area (Å²) in [7, 11) is 1.55. The van der Waals surface area contributed by atoms with Crippen molar-refractivity contribution in [2.24, 2.45) is 0 Å². The molecule has 4 aromatic heterocycles. The summed E-state index contributed by atoms with van der Waals surface area (Å²) in [5.41, 5.74) is 3.37. The van der Waals surface area contributed by atoms with Crippen molar-refractivity contribution < 1.29 is 14.0 Å². The Morgan fingerprint density at radius 3 is 2.80 bits per heavy atom. The van der Waals surface area contributed by atoms with E-state index in [-0.39, 0.29) is 24.1 Å². The monoisotopic (exact) mass is 404 g/mol. The van der Waals surface area contributed by atoms with E-state index < -0.39 is 0 Å². The predicted molar refractivity (Wildman–Crippen MR) is 109 cm³/mol. The van der Waals surface area contributed by atoms with Crippen LogP contribution in [0, 0.1) is 0 Å². The van der Waals surface area contributed by atoms with Crippen LogP contribution in [-0.4, -0.2) is 56.4 Å². The minimum atomic E-state index is -0.341. The first kappa shape index (κ1) is 19.3. The molecular formula is C21H20N6O3. The first-order valence-corrected chi connectivity index (χ1v) is 9.41. The Balaban J connectivity index is 1.31. The first-order chi connectivity index (χ1) is 14.6. The molecule has 9 heteroatoms. The Hall–Kier alpha value is -4.01. The molecule has 0 radical (unpaired) electrons. The maximum atomic E-state index is 12.1. The summed E-state index contributed by atoms with van der Waals surface area (Å²) in [4.78, 5) is 34.2. The fourth-order valence-electron chi connectivity index (χ4n) is 3.00. The second-order valence-electron chi connectivity index (χ2n) is 6.73. The van der Waals surface area contributed by atoms with Gasteiger partial charge in [-0.15, -0.1) is 0 Å². The van der Waals surface area contributed by atoms with Gasteiger partial charge in [0.25, 0.3) is 5.91 Å². The van der Waals surface area contributed by atoms with Crippen molar-refractivity contribution in [3.05, 3.63) is 72.7 Å². The topological polar surface area (TPSA) is 106 Å².